The number of nitrogens with zero attached hydrogens (tertiary/aromatic N) is 2. The second-order valence-electron chi connectivity index (χ2n) is 6.87. The third-order valence-corrected chi connectivity index (χ3v) is 5.24. The highest BCUT2D eigenvalue weighted by Crippen LogP contribution is 2.10. The first-order valence-corrected chi connectivity index (χ1v) is 10.00. The average molecular weight is 391 g/mol. The molecule has 7 heteroatoms. The Morgan fingerprint density at radius 2 is 1.52 bits per heavy atom. The second-order valence-corrected chi connectivity index (χ2v) is 7.95. The van der Waals surface area contributed by atoms with Crippen molar-refractivity contribution in [3.63, 3.8) is 0 Å². The molecule has 0 atom stereocenters. The van der Waals surface area contributed by atoms with E-state index in [0.29, 0.717) is 19.3 Å². The van der Waals surface area contributed by atoms with E-state index in [1.165, 1.54) is 8.52 Å². The Hall–Kier alpha value is -2.28. The van der Waals surface area contributed by atoms with Crippen molar-refractivity contribution < 1.29 is 9.59 Å². The normalized spacial score (nSPS) is 10.9. The molecular formula is C20H26N2O4S. The van der Waals surface area contributed by atoms with Crippen LogP contribution in [0, 0.1) is 0 Å². The highest BCUT2D eigenvalue weighted by Gasteiger charge is 2.09. The predicted octanol–water partition coefficient (Wildman–Crippen LogP) is 2.70. The first-order chi connectivity index (χ1) is 12.9. The van der Waals surface area contributed by atoms with Gasteiger partial charge in [0, 0.05) is 37.8 Å². The molecule has 27 heavy (non-hydrogen) atoms. The summed E-state index contributed by atoms with van der Waals surface area (Å²) in [5.41, 5.74) is 1.48. The molecule has 1 aromatic carbocycles. The monoisotopic (exact) mass is 390 g/mol. The Bertz CT molecular complexity index is 890. The smallest absolute Gasteiger partial charge is 0.300 e. The van der Waals surface area contributed by atoms with Gasteiger partial charge in [-0.25, -0.2) is 13.3 Å². The van der Waals surface area contributed by atoms with Gasteiger partial charge in [-0.3, -0.25) is 9.59 Å². The molecule has 0 fully saturated rings. The Kier molecular flexibility index (Phi) is 7.91. The molecular weight excluding hydrogens is 364 g/mol. The van der Waals surface area contributed by atoms with Gasteiger partial charge < -0.3 is 4.79 Å². The second kappa shape index (κ2) is 10.2. The fourth-order valence-electron chi connectivity index (χ4n) is 2.90. The van der Waals surface area contributed by atoms with Crippen LogP contribution < -0.4 is 10.6 Å². The molecule has 0 saturated heterocycles. The lowest BCUT2D eigenvalue weighted by molar-refractivity contribution is -0.119. The molecule has 0 saturated carbocycles. The number of aryl methyl sites for hydroxylation is 1. The highest BCUT2D eigenvalue weighted by atomic mass is 32.1. The van der Waals surface area contributed by atoms with Crippen molar-refractivity contribution in [1.29, 1.82) is 0 Å². The summed E-state index contributed by atoms with van der Waals surface area (Å²) in [4.78, 5) is 46.3. The molecule has 0 aliphatic heterocycles. The number of ketones is 2. The summed E-state index contributed by atoms with van der Waals surface area (Å²) in [5, 5.41) is 0. The zero-order chi connectivity index (χ0) is 19.8. The van der Waals surface area contributed by atoms with Gasteiger partial charge >= 0.3 is 10.6 Å². The number of aromatic nitrogens is 2. The number of rotatable bonds is 11. The molecule has 0 spiro atoms. The van der Waals surface area contributed by atoms with Crippen LogP contribution in [-0.4, -0.2) is 20.1 Å². The molecule has 0 unspecified atom stereocenters. The molecule has 2 aromatic rings. The van der Waals surface area contributed by atoms with Crippen LogP contribution in [0.1, 0.15) is 56.6 Å². The zero-order valence-corrected chi connectivity index (χ0v) is 16.7. The van der Waals surface area contributed by atoms with Gasteiger partial charge in [0.05, 0.1) is 6.54 Å². The van der Waals surface area contributed by atoms with Gasteiger partial charge in [-0.1, -0.05) is 37.1 Å². The van der Waals surface area contributed by atoms with E-state index in [9.17, 15) is 19.2 Å². The molecule has 0 N–H and O–H groups in total. The first kappa shape index (κ1) is 21.0. The summed E-state index contributed by atoms with van der Waals surface area (Å²) < 4.78 is 2.52. The molecule has 0 bridgehead atoms. The third kappa shape index (κ3) is 6.75. The highest BCUT2D eigenvalue weighted by molar-refractivity contribution is 7.03. The lowest BCUT2D eigenvalue weighted by Crippen LogP contribution is -2.28. The van der Waals surface area contributed by atoms with E-state index in [0.717, 1.165) is 48.3 Å². The van der Waals surface area contributed by atoms with Crippen molar-refractivity contribution in [3.05, 3.63) is 55.5 Å². The largest absolute Gasteiger partial charge is 0.341 e. The maximum Gasteiger partial charge on any atom is 0.341 e. The number of hydrogen-bond donors (Lipinski definition) is 0. The summed E-state index contributed by atoms with van der Waals surface area (Å²) in [6.07, 6.45) is 5.31. The van der Waals surface area contributed by atoms with Crippen LogP contribution in [0.4, 0.5) is 0 Å². The van der Waals surface area contributed by atoms with Crippen molar-refractivity contribution in [2.45, 2.75) is 58.4 Å². The third-order valence-electron chi connectivity index (χ3n) is 4.44. The van der Waals surface area contributed by atoms with E-state index in [-0.39, 0.29) is 28.7 Å². The molecule has 6 nitrogen and oxygen atoms in total. The molecule has 1 heterocycles. The van der Waals surface area contributed by atoms with E-state index in [1.54, 1.807) is 14.0 Å². The molecule has 0 amide bonds. The number of unbranched alkanes of at least 4 members (excludes halogenated alkanes) is 3. The van der Waals surface area contributed by atoms with Gasteiger partial charge in [-0.15, -0.1) is 0 Å². The van der Waals surface area contributed by atoms with E-state index in [4.69, 9.17) is 0 Å². The fraction of sp³-hybridized carbons (Fsp3) is 0.500. The van der Waals surface area contributed by atoms with Crippen molar-refractivity contribution in [3.8, 4) is 0 Å². The van der Waals surface area contributed by atoms with E-state index in [2.05, 4.69) is 0 Å². The van der Waals surface area contributed by atoms with E-state index < -0.39 is 0 Å². The lowest BCUT2D eigenvalue weighted by atomic mass is 10.0. The lowest BCUT2D eigenvalue weighted by Gasteiger charge is -2.05. The Balaban J connectivity index is 1.78. The topological polar surface area (TPSA) is 78.1 Å². The van der Waals surface area contributed by atoms with Gasteiger partial charge in [0.15, 0.2) is 0 Å². The van der Waals surface area contributed by atoms with Gasteiger partial charge in [0.1, 0.15) is 11.6 Å². The molecule has 2 rings (SSSR count). The summed E-state index contributed by atoms with van der Waals surface area (Å²) >= 11 is 0.891. The average Bonchev–Trinajstić information content (AvgIpc) is 2.85. The van der Waals surface area contributed by atoms with E-state index in [1.807, 2.05) is 24.3 Å². The van der Waals surface area contributed by atoms with Crippen molar-refractivity contribution in [2.24, 2.45) is 7.05 Å². The SMILES string of the molecule is CC(=O)CCCCCCC(=O)Cc1ccc(Cn2c(=O)sn(C)c2=O)cc1. The number of hydrogen-bond acceptors (Lipinski definition) is 5. The number of carbonyl (C=O) groups excluding carboxylic acids is 2. The molecule has 0 aliphatic carbocycles. The molecule has 0 aliphatic rings. The summed E-state index contributed by atoms with van der Waals surface area (Å²) in [5.74, 6) is 0.427. The van der Waals surface area contributed by atoms with E-state index >= 15 is 0 Å². The van der Waals surface area contributed by atoms with Crippen LogP contribution in [0.2, 0.25) is 0 Å². The Morgan fingerprint density at radius 1 is 0.926 bits per heavy atom. The van der Waals surface area contributed by atoms with Gasteiger partial charge in [-0.2, -0.15) is 0 Å². The van der Waals surface area contributed by atoms with Gasteiger partial charge in [-0.05, 0) is 30.9 Å². The molecule has 0 radical (unpaired) electrons. The van der Waals surface area contributed by atoms with Crippen LogP contribution in [0.15, 0.2) is 33.9 Å². The van der Waals surface area contributed by atoms with Crippen LogP contribution in [0.3, 0.4) is 0 Å². The Morgan fingerprint density at radius 3 is 2.07 bits per heavy atom. The maximum atomic E-state index is 12.1. The minimum atomic E-state index is -0.312. The number of benzene rings is 1. The van der Waals surface area contributed by atoms with Crippen molar-refractivity contribution in [2.75, 3.05) is 0 Å². The fourth-order valence-corrected chi connectivity index (χ4v) is 3.55. The minimum Gasteiger partial charge on any atom is -0.300 e. The minimum absolute atomic E-state index is 0.206. The van der Waals surface area contributed by atoms with Crippen LogP contribution in [0.25, 0.3) is 0 Å². The molecule has 146 valence electrons. The Labute approximate surface area is 162 Å². The standard InChI is InChI=1S/C20H26N2O4S/c1-15(23)7-5-3-4-6-8-18(24)13-16-9-11-17(12-10-16)14-22-19(25)21(2)27-20(22)26/h9-12H,3-8,13-14H2,1-2H3. The zero-order valence-electron chi connectivity index (χ0n) is 15.9. The van der Waals surface area contributed by atoms with Gasteiger partial charge in [0.2, 0.25) is 0 Å². The van der Waals surface area contributed by atoms with Crippen molar-refractivity contribution >= 4 is 23.1 Å². The maximum absolute atomic E-state index is 12.1. The van der Waals surface area contributed by atoms with Crippen LogP contribution in [0.5, 0.6) is 0 Å². The molecule has 1 aromatic heterocycles. The van der Waals surface area contributed by atoms with Gasteiger partial charge in [0.25, 0.3) is 0 Å². The van der Waals surface area contributed by atoms with Crippen LogP contribution >= 0.6 is 11.5 Å². The quantitative estimate of drug-likeness (QED) is 0.553. The number of Topliss-reactive ketones (excluding diaryl/α,β-unsaturated/α-hetero) is 2. The first-order valence-electron chi connectivity index (χ1n) is 9.23. The summed E-state index contributed by atoms with van der Waals surface area (Å²) in [7, 11) is 1.57. The summed E-state index contributed by atoms with van der Waals surface area (Å²) in [6, 6.07) is 7.46. The van der Waals surface area contributed by atoms with Crippen LogP contribution in [-0.2, 0) is 29.6 Å². The predicted molar refractivity (Wildman–Crippen MR) is 106 cm³/mol. The summed E-state index contributed by atoms with van der Waals surface area (Å²) in [6.45, 7) is 1.84. The number of carbonyl (C=O) groups is 2. The van der Waals surface area contributed by atoms with Crippen molar-refractivity contribution in [1.82, 2.24) is 8.52 Å².